The number of amides is 1. The molecular formula is C16H24N2O4S. The number of ether oxygens (including phenoxy) is 1. The fraction of sp³-hybridized carbons (Fsp3) is 0.625. The zero-order valence-corrected chi connectivity index (χ0v) is 14.7. The average Bonchev–Trinajstić information content (AvgIpc) is 2.76. The first-order chi connectivity index (χ1) is 10.7. The van der Waals surface area contributed by atoms with Gasteiger partial charge in [0.2, 0.25) is 0 Å². The van der Waals surface area contributed by atoms with Gasteiger partial charge in [-0.05, 0) is 39.3 Å². The Morgan fingerprint density at radius 1 is 1.22 bits per heavy atom. The van der Waals surface area contributed by atoms with Crippen molar-refractivity contribution in [3.8, 4) is 0 Å². The maximum atomic E-state index is 12.1. The molecule has 0 spiro atoms. The van der Waals surface area contributed by atoms with Crippen LogP contribution in [-0.4, -0.2) is 58.7 Å². The van der Waals surface area contributed by atoms with Crippen LogP contribution in [0.25, 0.3) is 0 Å². The number of carbonyl (C=O) groups excluding carboxylic acids is 1. The lowest BCUT2D eigenvalue weighted by molar-refractivity contribution is 0.0257. The number of carboxylic acids is 1. The van der Waals surface area contributed by atoms with Crippen molar-refractivity contribution in [3.63, 3.8) is 0 Å². The van der Waals surface area contributed by atoms with Crippen LogP contribution in [0.1, 0.15) is 41.7 Å². The first kappa shape index (κ1) is 17.7. The van der Waals surface area contributed by atoms with Crippen molar-refractivity contribution < 1.29 is 19.4 Å². The van der Waals surface area contributed by atoms with Crippen molar-refractivity contribution in [2.75, 3.05) is 26.2 Å². The zero-order valence-electron chi connectivity index (χ0n) is 13.9. The summed E-state index contributed by atoms with van der Waals surface area (Å²) in [6.45, 7) is 9.30. The standard InChI is InChI=1S/C16H24N2O4S/c1-16(2,3)22-15(21)18-8-4-7-17(9-10-18)11-12-5-6-13(23-12)14(19)20/h5-6H,4,7-11H2,1-3H3,(H,19,20). The molecule has 0 saturated carbocycles. The van der Waals surface area contributed by atoms with Crippen molar-refractivity contribution in [1.29, 1.82) is 0 Å². The summed E-state index contributed by atoms with van der Waals surface area (Å²) < 4.78 is 5.42. The van der Waals surface area contributed by atoms with Gasteiger partial charge in [0, 0.05) is 37.6 Å². The summed E-state index contributed by atoms with van der Waals surface area (Å²) >= 11 is 1.31. The van der Waals surface area contributed by atoms with E-state index in [1.54, 1.807) is 11.0 Å². The molecular weight excluding hydrogens is 316 g/mol. The minimum atomic E-state index is -0.881. The predicted molar refractivity (Wildman–Crippen MR) is 89.0 cm³/mol. The Morgan fingerprint density at radius 3 is 2.57 bits per heavy atom. The second-order valence-electron chi connectivity index (χ2n) is 6.67. The molecule has 1 amide bonds. The normalized spacial score (nSPS) is 16.9. The third kappa shape index (κ3) is 5.51. The molecule has 128 valence electrons. The van der Waals surface area contributed by atoms with Crippen LogP contribution in [0, 0.1) is 0 Å². The highest BCUT2D eigenvalue weighted by molar-refractivity contribution is 7.13. The molecule has 2 rings (SSSR count). The topological polar surface area (TPSA) is 70.1 Å². The van der Waals surface area contributed by atoms with Gasteiger partial charge < -0.3 is 14.7 Å². The van der Waals surface area contributed by atoms with Gasteiger partial charge >= 0.3 is 12.1 Å². The highest BCUT2D eigenvalue weighted by Crippen LogP contribution is 2.19. The molecule has 2 heterocycles. The van der Waals surface area contributed by atoms with E-state index in [9.17, 15) is 9.59 Å². The maximum absolute atomic E-state index is 12.1. The molecule has 1 N–H and O–H groups in total. The summed E-state index contributed by atoms with van der Waals surface area (Å²) in [6.07, 6.45) is 0.625. The van der Waals surface area contributed by atoms with Crippen molar-refractivity contribution in [3.05, 3.63) is 21.9 Å². The molecule has 6 nitrogen and oxygen atoms in total. The molecule has 0 atom stereocenters. The SMILES string of the molecule is CC(C)(C)OC(=O)N1CCCN(Cc2ccc(C(=O)O)s2)CC1. The van der Waals surface area contributed by atoms with Crippen LogP contribution in [0.3, 0.4) is 0 Å². The molecule has 0 radical (unpaired) electrons. The van der Waals surface area contributed by atoms with Gasteiger partial charge in [-0.2, -0.15) is 0 Å². The number of carboxylic acid groups (broad SMARTS) is 1. The fourth-order valence-electron chi connectivity index (χ4n) is 2.44. The maximum Gasteiger partial charge on any atom is 0.410 e. The van der Waals surface area contributed by atoms with Crippen molar-refractivity contribution in [2.45, 2.75) is 39.3 Å². The van der Waals surface area contributed by atoms with Crippen LogP contribution in [0.5, 0.6) is 0 Å². The molecule has 1 fully saturated rings. The first-order valence-corrected chi connectivity index (χ1v) is 8.58. The number of hydrogen-bond acceptors (Lipinski definition) is 5. The van der Waals surface area contributed by atoms with Crippen LogP contribution in [0.2, 0.25) is 0 Å². The summed E-state index contributed by atoms with van der Waals surface area (Å²) in [6, 6.07) is 3.51. The third-order valence-corrected chi connectivity index (χ3v) is 4.55. The second kappa shape index (κ2) is 7.31. The molecule has 0 unspecified atom stereocenters. The van der Waals surface area contributed by atoms with Gasteiger partial charge in [-0.25, -0.2) is 9.59 Å². The van der Waals surface area contributed by atoms with Gasteiger partial charge in [0.05, 0.1) is 0 Å². The number of thiophene rings is 1. The molecule has 0 aromatic carbocycles. The van der Waals surface area contributed by atoms with Crippen LogP contribution >= 0.6 is 11.3 Å². The Balaban J connectivity index is 1.88. The second-order valence-corrected chi connectivity index (χ2v) is 7.84. The minimum Gasteiger partial charge on any atom is -0.477 e. The lowest BCUT2D eigenvalue weighted by Crippen LogP contribution is -2.39. The van der Waals surface area contributed by atoms with Gasteiger partial charge in [0.25, 0.3) is 0 Å². The summed E-state index contributed by atoms with van der Waals surface area (Å²) in [4.78, 5) is 28.5. The molecule has 0 aliphatic carbocycles. The number of hydrogen-bond donors (Lipinski definition) is 1. The summed E-state index contributed by atoms with van der Waals surface area (Å²) in [7, 11) is 0. The van der Waals surface area contributed by atoms with Gasteiger partial charge in [-0.15, -0.1) is 11.3 Å². The molecule has 1 aliphatic rings. The quantitative estimate of drug-likeness (QED) is 0.916. The molecule has 1 aromatic heterocycles. The molecule has 1 aromatic rings. The van der Waals surface area contributed by atoms with Crippen molar-refractivity contribution in [2.24, 2.45) is 0 Å². The lowest BCUT2D eigenvalue weighted by atomic mass is 10.2. The van der Waals surface area contributed by atoms with E-state index >= 15 is 0 Å². The summed E-state index contributed by atoms with van der Waals surface area (Å²) in [5.41, 5.74) is -0.479. The Kier molecular flexibility index (Phi) is 5.64. The van der Waals surface area contributed by atoms with E-state index in [1.165, 1.54) is 11.3 Å². The molecule has 1 saturated heterocycles. The van der Waals surface area contributed by atoms with Crippen molar-refractivity contribution in [1.82, 2.24) is 9.80 Å². The van der Waals surface area contributed by atoms with Gasteiger partial charge in [0.15, 0.2) is 0 Å². The van der Waals surface area contributed by atoms with E-state index < -0.39 is 11.6 Å². The Labute approximate surface area is 140 Å². The number of aromatic carboxylic acids is 1. The van der Waals surface area contributed by atoms with E-state index in [4.69, 9.17) is 9.84 Å². The minimum absolute atomic E-state index is 0.261. The van der Waals surface area contributed by atoms with E-state index in [2.05, 4.69) is 4.90 Å². The van der Waals surface area contributed by atoms with Gasteiger partial charge in [0.1, 0.15) is 10.5 Å². The number of nitrogens with zero attached hydrogens (tertiary/aromatic N) is 2. The fourth-order valence-corrected chi connectivity index (χ4v) is 3.33. The van der Waals surface area contributed by atoms with Crippen molar-refractivity contribution >= 4 is 23.4 Å². The zero-order chi connectivity index (χ0) is 17.0. The highest BCUT2D eigenvalue weighted by Gasteiger charge is 2.24. The van der Waals surface area contributed by atoms with Gasteiger partial charge in [-0.3, -0.25) is 4.90 Å². The van der Waals surface area contributed by atoms with E-state index in [-0.39, 0.29) is 6.09 Å². The van der Waals surface area contributed by atoms with Crippen LogP contribution in [0.4, 0.5) is 4.79 Å². The van der Waals surface area contributed by atoms with E-state index in [1.807, 2.05) is 26.8 Å². The Morgan fingerprint density at radius 2 is 1.96 bits per heavy atom. The van der Waals surface area contributed by atoms with Crippen LogP contribution in [-0.2, 0) is 11.3 Å². The smallest absolute Gasteiger partial charge is 0.410 e. The van der Waals surface area contributed by atoms with E-state index in [0.29, 0.717) is 18.0 Å². The highest BCUT2D eigenvalue weighted by atomic mass is 32.1. The molecule has 1 aliphatic heterocycles. The number of carbonyl (C=O) groups is 2. The van der Waals surface area contributed by atoms with Crippen LogP contribution in [0.15, 0.2) is 12.1 Å². The molecule has 0 bridgehead atoms. The Hall–Kier alpha value is -1.60. The molecule has 7 heteroatoms. The first-order valence-electron chi connectivity index (χ1n) is 7.77. The number of rotatable bonds is 3. The largest absolute Gasteiger partial charge is 0.477 e. The van der Waals surface area contributed by atoms with Crippen LogP contribution < -0.4 is 0 Å². The molecule has 23 heavy (non-hydrogen) atoms. The summed E-state index contributed by atoms with van der Waals surface area (Å²) in [5, 5.41) is 8.98. The third-order valence-electron chi connectivity index (χ3n) is 3.49. The lowest BCUT2D eigenvalue weighted by Gasteiger charge is -2.26. The summed E-state index contributed by atoms with van der Waals surface area (Å²) in [5.74, 6) is -0.881. The predicted octanol–water partition coefficient (Wildman–Crippen LogP) is 2.89. The van der Waals surface area contributed by atoms with Gasteiger partial charge in [-0.1, -0.05) is 0 Å². The Bertz CT molecular complexity index is 565. The van der Waals surface area contributed by atoms with E-state index in [0.717, 1.165) is 30.9 Å². The monoisotopic (exact) mass is 340 g/mol. The average molecular weight is 340 g/mol.